The van der Waals surface area contributed by atoms with Gasteiger partial charge in [0.2, 0.25) is 0 Å². The van der Waals surface area contributed by atoms with E-state index in [9.17, 15) is 9.90 Å². The predicted octanol–water partition coefficient (Wildman–Crippen LogP) is 1.23. The summed E-state index contributed by atoms with van der Waals surface area (Å²) in [5, 5.41) is 10.7. The second kappa shape index (κ2) is 11.8. The van der Waals surface area contributed by atoms with Crippen molar-refractivity contribution < 1.29 is 61.3 Å². The van der Waals surface area contributed by atoms with Gasteiger partial charge in [0.05, 0.1) is 5.97 Å². The first-order valence-electron chi connectivity index (χ1n) is 6.22. The normalized spacial score (nSPS) is 12.1. The Bertz CT molecular complexity index is 260. The predicted molar refractivity (Wildman–Crippen MR) is 76.5 cm³/mol. The monoisotopic (exact) mass is 374 g/mol. The minimum Gasteiger partial charge on any atom is -0.547 e. The number of hydrogen-bond donors (Lipinski definition) is 0. The molecule has 0 radical (unpaired) electrons. The van der Waals surface area contributed by atoms with Gasteiger partial charge in [-0.2, -0.15) is 0 Å². The smallest absolute Gasteiger partial charge is 0.547 e. The average Bonchev–Trinajstić information content (AvgIpc) is 2.27. The fourth-order valence-electron chi connectivity index (χ4n) is 1.61. The Morgan fingerprint density at radius 2 is 1.37 bits per heavy atom. The Balaban J connectivity index is 0. The zero-order chi connectivity index (χ0) is 14.2. The van der Waals surface area contributed by atoms with E-state index >= 15 is 0 Å². The fourth-order valence-corrected chi connectivity index (χ4v) is 2.22. The van der Waals surface area contributed by atoms with Crippen LogP contribution in [0.5, 0.6) is 0 Å². The van der Waals surface area contributed by atoms with Crippen molar-refractivity contribution in [3.05, 3.63) is 0 Å². The summed E-state index contributed by atoms with van der Waals surface area (Å²) in [5.41, 5.74) is 0. The second-order valence-corrected chi connectivity index (χ2v) is 7.25. The molecule has 0 unspecified atom stereocenters. The maximum absolute atomic E-state index is 10.7. The zero-order valence-corrected chi connectivity index (χ0v) is 17.6. The van der Waals surface area contributed by atoms with Gasteiger partial charge in [-0.3, -0.25) is 0 Å². The van der Waals surface area contributed by atoms with E-state index in [0.717, 1.165) is 12.8 Å². The third kappa shape index (κ3) is 9.10. The molecule has 0 aromatic carbocycles. The van der Waals surface area contributed by atoms with Crippen molar-refractivity contribution >= 4 is 52.4 Å². The van der Waals surface area contributed by atoms with Gasteiger partial charge in [-0.25, -0.2) is 0 Å². The molecule has 0 aromatic rings. The summed E-state index contributed by atoms with van der Waals surface area (Å²) >= 11 is 22.9. The molecule has 7 heteroatoms. The van der Waals surface area contributed by atoms with E-state index < -0.39 is 14.6 Å². The number of carbonyl (C=O) groups is 1. The minimum atomic E-state index is -2.28. The van der Waals surface area contributed by atoms with Crippen LogP contribution < -0.4 is 56.5 Å². The van der Waals surface area contributed by atoms with Gasteiger partial charge in [0.1, 0.15) is 0 Å². The molecule has 0 rings (SSSR count). The number of rotatable bonds is 10. The number of carbonyl (C=O) groups excluding carboxylic acids is 1. The number of carboxylic acid groups (broad SMARTS) is 1. The third-order valence-corrected chi connectivity index (χ3v) is 5.10. The standard InChI is InChI=1S/C12H20Cl4O2.K/c1-2-3-4-5-6-7-8-9-11(13,14)12(15,16)10(17)18;/h2-9H2,1H3,(H,17,18);/q;+1/p-1. The first-order chi connectivity index (χ1) is 8.25. The molecule has 0 saturated carbocycles. The van der Waals surface area contributed by atoms with Gasteiger partial charge in [-0.15, -0.1) is 0 Å². The molecule has 0 fully saturated rings. The van der Waals surface area contributed by atoms with Gasteiger partial charge >= 0.3 is 51.4 Å². The molecule has 0 aromatic heterocycles. The molecule has 0 amide bonds. The van der Waals surface area contributed by atoms with Crippen LogP contribution in [0, 0.1) is 0 Å². The Morgan fingerprint density at radius 3 is 1.79 bits per heavy atom. The van der Waals surface area contributed by atoms with Crippen molar-refractivity contribution in [1.82, 2.24) is 0 Å². The number of aliphatic carboxylic acids is 1. The molecule has 0 aliphatic heterocycles. The van der Waals surface area contributed by atoms with Crippen LogP contribution in [0.15, 0.2) is 0 Å². The Morgan fingerprint density at radius 1 is 0.947 bits per heavy atom. The summed E-state index contributed by atoms with van der Waals surface area (Å²) in [6.07, 6.45) is 7.76. The molecule has 108 valence electrons. The molecular weight excluding hydrogens is 357 g/mol. The van der Waals surface area contributed by atoms with Crippen LogP contribution in [0.2, 0.25) is 0 Å². The number of unbranched alkanes of at least 4 members (excludes halogenated alkanes) is 6. The molecule has 0 N–H and O–H groups in total. The van der Waals surface area contributed by atoms with Gasteiger partial charge < -0.3 is 9.90 Å². The molecule has 0 aliphatic rings. The van der Waals surface area contributed by atoms with Crippen molar-refractivity contribution in [1.29, 1.82) is 0 Å². The quantitative estimate of drug-likeness (QED) is 0.327. The molecular formula is C12H19Cl4KO2. The first-order valence-corrected chi connectivity index (χ1v) is 7.74. The van der Waals surface area contributed by atoms with E-state index in [1.807, 2.05) is 0 Å². The first kappa shape index (κ1) is 23.5. The van der Waals surface area contributed by atoms with Gasteiger partial charge in [-0.05, 0) is 6.42 Å². The summed E-state index contributed by atoms with van der Waals surface area (Å²) in [6, 6.07) is 0. The van der Waals surface area contributed by atoms with E-state index in [2.05, 4.69) is 6.92 Å². The van der Waals surface area contributed by atoms with Crippen LogP contribution in [0.25, 0.3) is 0 Å². The van der Waals surface area contributed by atoms with Crippen molar-refractivity contribution in [3.8, 4) is 0 Å². The molecule has 0 aliphatic carbocycles. The Kier molecular flexibility index (Phi) is 14.6. The Labute approximate surface area is 178 Å². The fraction of sp³-hybridized carbons (Fsp3) is 0.917. The average molecular weight is 376 g/mol. The summed E-state index contributed by atoms with van der Waals surface area (Å²) in [7, 11) is 0. The number of halogens is 4. The molecule has 0 heterocycles. The summed E-state index contributed by atoms with van der Waals surface area (Å²) in [5.74, 6) is -1.67. The van der Waals surface area contributed by atoms with Crippen LogP contribution >= 0.6 is 46.4 Å². The maximum atomic E-state index is 10.7. The SMILES string of the molecule is CCCCCCCCCC(Cl)(Cl)C(Cl)(Cl)C(=O)[O-].[K+]. The molecule has 0 bridgehead atoms. The number of hydrogen-bond acceptors (Lipinski definition) is 2. The molecule has 0 saturated heterocycles. The van der Waals surface area contributed by atoms with E-state index in [0.29, 0.717) is 6.42 Å². The van der Waals surface area contributed by atoms with E-state index in [4.69, 9.17) is 46.4 Å². The maximum Gasteiger partial charge on any atom is 1.00 e. The van der Waals surface area contributed by atoms with Crippen molar-refractivity contribution in [2.45, 2.75) is 67.0 Å². The molecule has 2 nitrogen and oxygen atoms in total. The Hall–Kier alpha value is 2.27. The number of carboxylic acids is 1. The topological polar surface area (TPSA) is 40.1 Å². The van der Waals surface area contributed by atoms with E-state index in [-0.39, 0.29) is 57.8 Å². The van der Waals surface area contributed by atoms with Gasteiger partial charge in [0.25, 0.3) is 0 Å². The van der Waals surface area contributed by atoms with Gasteiger partial charge in [-0.1, -0.05) is 98.3 Å². The minimum absolute atomic E-state index is 0. The summed E-state index contributed by atoms with van der Waals surface area (Å²) in [6.45, 7) is 2.16. The third-order valence-electron chi connectivity index (χ3n) is 2.81. The molecule has 0 spiro atoms. The van der Waals surface area contributed by atoms with Crippen molar-refractivity contribution in [2.24, 2.45) is 0 Å². The summed E-state index contributed by atoms with van der Waals surface area (Å²) in [4.78, 5) is 10.7. The zero-order valence-electron chi connectivity index (χ0n) is 11.5. The van der Waals surface area contributed by atoms with Crippen LogP contribution in [-0.2, 0) is 4.79 Å². The van der Waals surface area contributed by atoms with E-state index in [1.165, 1.54) is 25.7 Å². The number of alkyl halides is 4. The van der Waals surface area contributed by atoms with Crippen LogP contribution in [-0.4, -0.2) is 14.6 Å². The van der Waals surface area contributed by atoms with Gasteiger partial charge in [0, 0.05) is 0 Å². The van der Waals surface area contributed by atoms with Crippen molar-refractivity contribution in [3.63, 3.8) is 0 Å². The van der Waals surface area contributed by atoms with Gasteiger partial charge in [0.15, 0.2) is 8.67 Å². The summed E-state index contributed by atoms with van der Waals surface area (Å²) < 4.78 is -4.00. The second-order valence-electron chi connectivity index (χ2n) is 4.44. The van der Waals surface area contributed by atoms with Crippen LogP contribution in [0.3, 0.4) is 0 Å². The van der Waals surface area contributed by atoms with Crippen LogP contribution in [0.4, 0.5) is 0 Å². The van der Waals surface area contributed by atoms with E-state index in [1.54, 1.807) is 0 Å². The molecule has 0 atom stereocenters. The van der Waals surface area contributed by atoms with Crippen molar-refractivity contribution in [2.75, 3.05) is 0 Å². The van der Waals surface area contributed by atoms with Crippen LogP contribution in [0.1, 0.15) is 58.3 Å². The molecule has 19 heavy (non-hydrogen) atoms. The largest absolute Gasteiger partial charge is 1.00 e.